The van der Waals surface area contributed by atoms with Crippen molar-refractivity contribution in [2.24, 2.45) is 17.3 Å². The summed E-state index contributed by atoms with van der Waals surface area (Å²) >= 11 is 0. The molecule has 3 heterocycles. The molecule has 98 valence electrons. The van der Waals surface area contributed by atoms with Gasteiger partial charge in [-0.2, -0.15) is 0 Å². The second kappa shape index (κ2) is 5.25. The third-order valence-corrected chi connectivity index (χ3v) is 5.02. The van der Waals surface area contributed by atoms with E-state index in [1.165, 1.54) is 45.2 Å². The van der Waals surface area contributed by atoms with Crippen LogP contribution in [0.25, 0.3) is 0 Å². The fourth-order valence-corrected chi connectivity index (χ4v) is 3.86. The van der Waals surface area contributed by atoms with Gasteiger partial charge in [0.1, 0.15) is 0 Å². The van der Waals surface area contributed by atoms with Crippen LogP contribution in [-0.2, 0) is 9.47 Å². The summed E-state index contributed by atoms with van der Waals surface area (Å²) in [4.78, 5) is 0. The lowest BCUT2D eigenvalue weighted by Gasteiger charge is -2.50. The van der Waals surface area contributed by atoms with Crippen LogP contribution in [0.1, 0.15) is 32.1 Å². The van der Waals surface area contributed by atoms with Crippen molar-refractivity contribution in [3.8, 4) is 0 Å². The quantitative estimate of drug-likeness (QED) is 0.815. The molecule has 17 heavy (non-hydrogen) atoms. The van der Waals surface area contributed by atoms with Crippen LogP contribution < -0.4 is 5.32 Å². The number of rotatable bonds is 3. The highest BCUT2D eigenvalue weighted by molar-refractivity contribution is 4.94. The highest BCUT2D eigenvalue weighted by Crippen LogP contribution is 2.47. The van der Waals surface area contributed by atoms with Crippen LogP contribution in [0, 0.1) is 17.3 Å². The van der Waals surface area contributed by atoms with Crippen molar-refractivity contribution in [3.63, 3.8) is 0 Å². The highest BCUT2D eigenvalue weighted by Gasteiger charge is 2.46. The van der Waals surface area contributed by atoms with Gasteiger partial charge in [0.15, 0.2) is 0 Å². The zero-order valence-corrected chi connectivity index (χ0v) is 10.7. The van der Waals surface area contributed by atoms with Crippen LogP contribution >= 0.6 is 0 Å². The molecule has 0 atom stereocenters. The molecule has 0 unspecified atom stereocenters. The third-order valence-electron chi connectivity index (χ3n) is 5.02. The van der Waals surface area contributed by atoms with Crippen molar-refractivity contribution in [3.05, 3.63) is 0 Å². The van der Waals surface area contributed by atoms with Gasteiger partial charge in [0, 0.05) is 18.6 Å². The van der Waals surface area contributed by atoms with Crippen molar-refractivity contribution in [2.45, 2.75) is 32.1 Å². The first-order valence-electron chi connectivity index (χ1n) is 7.25. The molecule has 0 bridgehead atoms. The first-order valence-corrected chi connectivity index (χ1v) is 7.25. The first kappa shape index (κ1) is 11.9. The maximum Gasteiger partial charge on any atom is 0.0547 e. The molecule has 0 spiro atoms. The summed E-state index contributed by atoms with van der Waals surface area (Å²) in [6.07, 6.45) is 6.65. The molecule has 3 aliphatic heterocycles. The molecule has 3 aliphatic rings. The van der Waals surface area contributed by atoms with Gasteiger partial charge in [-0.15, -0.1) is 0 Å². The van der Waals surface area contributed by atoms with Crippen molar-refractivity contribution >= 4 is 0 Å². The molecule has 0 aliphatic carbocycles. The average molecular weight is 239 g/mol. The Morgan fingerprint density at radius 1 is 0.941 bits per heavy atom. The smallest absolute Gasteiger partial charge is 0.0547 e. The van der Waals surface area contributed by atoms with E-state index in [2.05, 4.69) is 5.32 Å². The fraction of sp³-hybridized carbons (Fsp3) is 1.00. The van der Waals surface area contributed by atoms with Gasteiger partial charge in [-0.25, -0.2) is 0 Å². The van der Waals surface area contributed by atoms with Crippen LogP contribution in [0.4, 0.5) is 0 Å². The summed E-state index contributed by atoms with van der Waals surface area (Å²) in [7, 11) is 0. The Hall–Kier alpha value is -0.120. The van der Waals surface area contributed by atoms with Crippen LogP contribution in [0.5, 0.6) is 0 Å². The first-order chi connectivity index (χ1) is 8.39. The van der Waals surface area contributed by atoms with E-state index in [0.717, 1.165) is 38.3 Å². The van der Waals surface area contributed by atoms with E-state index in [4.69, 9.17) is 9.47 Å². The van der Waals surface area contributed by atoms with E-state index in [0.29, 0.717) is 5.41 Å². The minimum absolute atomic E-state index is 0.520. The third kappa shape index (κ3) is 2.51. The lowest BCUT2D eigenvalue weighted by Crippen LogP contribution is -2.51. The number of hydrogen-bond acceptors (Lipinski definition) is 3. The van der Waals surface area contributed by atoms with Gasteiger partial charge in [0.05, 0.1) is 13.2 Å². The molecular weight excluding hydrogens is 214 g/mol. The molecule has 0 aromatic carbocycles. The molecule has 0 aromatic rings. The topological polar surface area (TPSA) is 30.5 Å². The van der Waals surface area contributed by atoms with E-state index in [1.54, 1.807) is 0 Å². The van der Waals surface area contributed by atoms with Crippen molar-refractivity contribution < 1.29 is 9.47 Å². The minimum Gasteiger partial charge on any atom is -0.381 e. The summed E-state index contributed by atoms with van der Waals surface area (Å²) in [6.45, 7) is 6.41. The average Bonchev–Trinajstić information content (AvgIpc) is 2.36. The van der Waals surface area contributed by atoms with Gasteiger partial charge >= 0.3 is 0 Å². The Labute approximate surface area is 104 Å². The maximum atomic E-state index is 5.58. The molecule has 0 radical (unpaired) electrons. The molecule has 1 N–H and O–H groups in total. The standard InChI is InChI=1S/C14H25NO2/c1-5-15-6-2-12(1)9-14(10-17-11-14)13-3-7-16-8-4-13/h12-13,15H,1-11H2. The van der Waals surface area contributed by atoms with E-state index in [1.807, 2.05) is 0 Å². The van der Waals surface area contributed by atoms with Crippen LogP contribution in [0.3, 0.4) is 0 Å². The molecule has 3 fully saturated rings. The molecule has 0 amide bonds. The van der Waals surface area contributed by atoms with Crippen molar-refractivity contribution in [1.29, 1.82) is 0 Å². The lowest BCUT2D eigenvalue weighted by molar-refractivity contribution is -0.173. The predicted molar refractivity (Wildman–Crippen MR) is 67.0 cm³/mol. The Kier molecular flexibility index (Phi) is 3.69. The van der Waals surface area contributed by atoms with Gasteiger partial charge in [-0.3, -0.25) is 0 Å². The molecular formula is C14H25NO2. The Bertz CT molecular complexity index is 241. The van der Waals surface area contributed by atoms with Gasteiger partial charge in [-0.1, -0.05) is 0 Å². The zero-order valence-electron chi connectivity index (χ0n) is 10.7. The Morgan fingerprint density at radius 3 is 2.24 bits per heavy atom. The molecule has 3 heteroatoms. The molecule has 3 rings (SSSR count). The van der Waals surface area contributed by atoms with Gasteiger partial charge in [0.25, 0.3) is 0 Å². The minimum atomic E-state index is 0.520. The van der Waals surface area contributed by atoms with Crippen molar-refractivity contribution in [1.82, 2.24) is 5.32 Å². The molecule has 3 saturated heterocycles. The van der Waals surface area contributed by atoms with Gasteiger partial charge in [0.2, 0.25) is 0 Å². The summed E-state index contributed by atoms with van der Waals surface area (Å²) in [5.41, 5.74) is 0.520. The lowest BCUT2D eigenvalue weighted by atomic mass is 9.64. The van der Waals surface area contributed by atoms with E-state index in [-0.39, 0.29) is 0 Å². The second-order valence-corrected chi connectivity index (χ2v) is 6.14. The Morgan fingerprint density at radius 2 is 1.65 bits per heavy atom. The number of ether oxygens (including phenoxy) is 2. The fourth-order valence-electron chi connectivity index (χ4n) is 3.86. The number of hydrogen-bond donors (Lipinski definition) is 1. The highest BCUT2D eigenvalue weighted by atomic mass is 16.5. The molecule has 3 nitrogen and oxygen atoms in total. The van der Waals surface area contributed by atoms with Gasteiger partial charge < -0.3 is 14.8 Å². The van der Waals surface area contributed by atoms with E-state index in [9.17, 15) is 0 Å². The maximum absolute atomic E-state index is 5.58. The second-order valence-electron chi connectivity index (χ2n) is 6.14. The summed E-state index contributed by atoms with van der Waals surface area (Å²) in [5, 5.41) is 3.46. The largest absolute Gasteiger partial charge is 0.381 e. The number of piperidine rings is 1. The van der Waals surface area contributed by atoms with E-state index < -0.39 is 0 Å². The summed E-state index contributed by atoms with van der Waals surface area (Å²) in [5.74, 6) is 1.79. The molecule has 0 saturated carbocycles. The normalized spacial score (nSPS) is 31.1. The zero-order chi connectivity index (χ0) is 11.6. The summed E-state index contributed by atoms with van der Waals surface area (Å²) in [6, 6.07) is 0. The summed E-state index contributed by atoms with van der Waals surface area (Å²) < 4.78 is 11.1. The van der Waals surface area contributed by atoms with Crippen LogP contribution in [0.2, 0.25) is 0 Å². The monoisotopic (exact) mass is 239 g/mol. The predicted octanol–water partition coefficient (Wildman–Crippen LogP) is 1.82. The van der Waals surface area contributed by atoms with Gasteiger partial charge in [-0.05, 0) is 57.0 Å². The van der Waals surface area contributed by atoms with Crippen LogP contribution in [-0.4, -0.2) is 39.5 Å². The molecule has 0 aromatic heterocycles. The van der Waals surface area contributed by atoms with Crippen LogP contribution in [0.15, 0.2) is 0 Å². The van der Waals surface area contributed by atoms with E-state index >= 15 is 0 Å². The Balaban J connectivity index is 1.60. The number of nitrogens with one attached hydrogen (secondary N) is 1. The SMILES string of the molecule is C1CC(CC2(C3CCOCC3)COC2)CCN1. The van der Waals surface area contributed by atoms with Crippen molar-refractivity contribution in [2.75, 3.05) is 39.5 Å².